The van der Waals surface area contributed by atoms with Gasteiger partial charge in [-0.3, -0.25) is 19.6 Å². The van der Waals surface area contributed by atoms with Crippen LogP contribution in [0.4, 0.5) is 5.69 Å². The van der Waals surface area contributed by atoms with E-state index in [-0.39, 0.29) is 17.6 Å². The van der Waals surface area contributed by atoms with E-state index in [1.54, 1.807) is 11.6 Å². The maximum Gasteiger partial charge on any atom is 0.309 e. The van der Waals surface area contributed by atoms with E-state index in [0.29, 0.717) is 24.1 Å². The van der Waals surface area contributed by atoms with Gasteiger partial charge in [0.05, 0.1) is 11.5 Å². The molecule has 4 aliphatic carbocycles. The van der Waals surface area contributed by atoms with E-state index in [9.17, 15) is 14.9 Å². The van der Waals surface area contributed by atoms with Crippen LogP contribution in [0, 0.1) is 40.2 Å². The Hall–Kier alpha value is -1.92. The summed E-state index contributed by atoms with van der Waals surface area (Å²) in [5.41, 5.74) is 0.816. The predicted molar refractivity (Wildman–Crippen MR) is 101 cm³/mol. The van der Waals surface area contributed by atoms with Crippen molar-refractivity contribution in [2.75, 3.05) is 0 Å². The molecule has 4 aliphatic rings. The molecule has 7 nitrogen and oxygen atoms in total. The number of hydrogen-bond acceptors (Lipinski definition) is 4. The van der Waals surface area contributed by atoms with Crippen molar-refractivity contribution in [2.45, 2.75) is 77.8 Å². The van der Waals surface area contributed by atoms with E-state index >= 15 is 0 Å². The molecular formula is C20H30N4O3. The Morgan fingerprint density at radius 1 is 1.33 bits per heavy atom. The summed E-state index contributed by atoms with van der Waals surface area (Å²) in [6, 6.07) is 0.256. The lowest BCUT2D eigenvalue weighted by atomic mass is 9.47. The highest BCUT2D eigenvalue weighted by atomic mass is 16.6. The van der Waals surface area contributed by atoms with Crippen molar-refractivity contribution in [2.24, 2.45) is 23.2 Å². The molecule has 0 aromatic carbocycles. The molecule has 0 saturated heterocycles. The minimum atomic E-state index is -0.431. The van der Waals surface area contributed by atoms with Crippen molar-refractivity contribution >= 4 is 11.6 Å². The van der Waals surface area contributed by atoms with Crippen molar-refractivity contribution in [3.63, 3.8) is 0 Å². The number of carbonyl (C=O) groups is 1. The minimum Gasteiger partial charge on any atom is -0.353 e. The van der Waals surface area contributed by atoms with E-state index in [0.717, 1.165) is 24.2 Å². The van der Waals surface area contributed by atoms with Gasteiger partial charge in [0, 0.05) is 12.5 Å². The number of aromatic nitrogens is 2. The third-order valence-electron chi connectivity index (χ3n) is 7.39. The summed E-state index contributed by atoms with van der Waals surface area (Å²) in [5.74, 6) is 2.65. The van der Waals surface area contributed by atoms with Gasteiger partial charge in [0.1, 0.15) is 11.9 Å². The van der Waals surface area contributed by atoms with Crippen molar-refractivity contribution in [3.05, 3.63) is 22.0 Å². The topological polar surface area (TPSA) is 90.1 Å². The summed E-state index contributed by atoms with van der Waals surface area (Å²) >= 11 is 0. The molecule has 4 saturated carbocycles. The van der Waals surface area contributed by atoms with Crippen LogP contribution in [0.5, 0.6) is 0 Å². The summed E-state index contributed by atoms with van der Waals surface area (Å²) in [7, 11) is 0. The number of amides is 1. The van der Waals surface area contributed by atoms with Gasteiger partial charge >= 0.3 is 5.69 Å². The van der Waals surface area contributed by atoms with E-state index in [2.05, 4.69) is 17.3 Å². The fourth-order valence-electron chi connectivity index (χ4n) is 6.61. The molecule has 1 N–H and O–H groups in total. The highest BCUT2D eigenvalue weighted by Gasteiger charge is 2.53. The Kier molecular flexibility index (Phi) is 4.72. The number of hydrogen-bond donors (Lipinski definition) is 1. The second-order valence-corrected chi connectivity index (χ2v) is 9.15. The van der Waals surface area contributed by atoms with Crippen molar-refractivity contribution < 1.29 is 9.72 Å². The molecule has 1 heterocycles. The van der Waals surface area contributed by atoms with Crippen LogP contribution in [0.1, 0.15) is 64.0 Å². The second-order valence-electron chi connectivity index (χ2n) is 9.15. The maximum atomic E-state index is 12.6. The molecule has 1 aromatic rings. The van der Waals surface area contributed by atoms with Crippen molar-refractivity contribution in [3.8, 4) is 0 Å². The molecule has 1 atom stereocenters. The molecule has 27 heavy (non-hydrogen) atoms. The SMILES string of the molecule is CCC(NC(=O)CCn1ncc([N+](=O)[O-])c1C)C12CC3CC(CC(C3)C1)C2. The quantitative estimate of drug-likeness (QED) is 0.583. The number of rotatable bonds is 7. The van der Waals surface area contributed by atoms with Crippen LogP contribution in [0.25, 0.3) is 0 Å². The van der Waals surface area contributed by atoms with Gasteiger partial charge < -0.3 is 5.32 Å². The van der Waals surface area contributed by atoms with Gasteiger partial charge in [0.15, 0.2) is 0 Å². The fraction of sp³-hybridized carbons (Fsp3) is 0.800. The second kappa shape index (κ2) is 6.91. The first kappa shape index (κ1) is 18.4. The van der Waals surface area contributed by atoms with Crippen LogP contribution in [0.15, 0.2) is 6.20 Å². The lowest BCUT2D eigenvalue weighted by Crippen LogP contribution is -2.56. The highest BCUT2D eigenvalue weighted by Crippen LogP contribution is 2.61. The molecule has 4 bridgehead atoms. The average Bonchev–Trinajstić information content (AvgIpc) is 2.97. The van der Waals surface area contributed by atoms with Crippen LogP contribution in [0.3, 0.4) is 0 Å². The van der Waals surface area contributed by atoms with E-state index in [1.807, 2.05) is 0 Å². The Labute approximate surface area is 160 Å². The predicted octanol–water partition coefficient (Wildman–Crippen LogP) is 3.60. The number of carbonyl (C=O) groups excluding carboxylic acids is 1. The van der Waals surface area contributed by atoms with Gasteiger partial charge in [-0.15, -0.1) is 0 Å². The summed E-state index contributed by atoms with van der Waals surface area (Å²) in [4.78, 5) is 23.1. The largest absolute Gasteiger partial charge is 0.353 e. The molecule has 7 heteroatoms. The van der Waals surface area contributed by atoms with Gasteiger partial charge in [0.25, 0.3) is 0 Å². The van der Waals surface area contributed by atoms with Gasteiger partial charge in [-0.05, 0) is 75.0 Å². The molecule has 5 rings (SSSR count). The number of nitro groups is 1. The first-order valence-corrected chi connectivity index (χ1v) is 10.4. The maximum absolute atomic E-state index is 12.6. The Morgan fingerprint density at radius 2 is 1.93 bits per heavy atom. The smallest absolute Gasteiger partial charge is 0.309 e. The zero-order valence-corrected chi connectivity index (χ0v) is 16.3. The minimum absolute atomic E-state index is 0.00964. The van der Waals surface area contributed by atoms with E-state index < -0.39 is 4.92 Å². The lowest BCUT2D eigenvalue weighted by molar-refractivity contribution is -0.385. The van der Waals surface area contributed by atoms with E-state index in [4.69, 9.17) is 0 Å². The molecule has 1 unspecified atom stereocenters. The number of nitrogens with one attached hydrogen (secondary N) is 1. The first-order valence-electron chi connectivity index (χ1n) is 10.4. The molecule has 0 radical (unpaired) electrons. The molecule has 0 aliphatic heterocycles. The number of nitrogens with zero attached hydrogens (tertiary/aromatic N) is 3. The van der Waals surface area contributed by atoms with Gasteiger partial charge in [-0.25, -0.2) is 0 Å². The van der Waals surface area contributed by atoms with E-state index in [1.165, 1.54) is 44.7 Å². The van der Waals surface area contributed by atoms with Crippen LogP contribution < -0.4 is 5.32 Å². The van der Waals surface area contributed by atoms with Crippen LogP contribution in [-0.4, -0.2) is 26.7 Å². The summed E-state index contributed by atoms with van der Waals surface area (Å²) in [6.45, 7) is 4.24. The molecule has 1 amide bonds. The number of aryl methyl sites for hydroxylation is 1. The first-order chi connectivity index (χ1) is 12.9. The average molecular weight is 374 g/mol. The fourth-order valence-corrected chi connectivity index (χ4v) is 6.61. The standard InChI is InChI=1S/C20H30N4O3/c1-3-18(20-9-14-6-15(10-20)8-16(7-14)11-20)22-19(25)4-5-23-13(2)17(12-21-23)24(26)27/h12,14-16,18H,3-11H2,1-2H3,(H,22,25). The molecule has 4 fully saturated rings. The Balaban J connectivity index is 1.38. The molecule has 0 spiro atoms. The third kappa shape index (κ3) is 3.36. The molecular weight excluding hydrogens is 344 g/mol. The normalized spacial score (nSPS) is 32.4. The summed E-state index contributed by atoms with van der Waals surface area (Å²) in [5, 5.41) is 18.3. The summed E-state index contributed by atoms with van der Waals surface area (Å²) in [6.07, 6.45) is 10.6. The van der Waals surface area contributed by atoms with Crippen LogP contribution >= 0.6 is 0 Å². The molecule has 1 aromatic heterocycles. The van der Waals surface area contributed by atoms with Gasteiger partial charge in [0.2, 0.25) is 5.91 Å². The van der Waals surface area contributed by atoms with Crippen molar-refractivity contribution in [1.29, 1.82) is 0 Å². The van der Waals surface area contributed by atoms with Gasteiger partial charge in [-0.2, -0.15) is 5.10 Å². The monoisotopic (exact) mass is 374 g/mol. The summed E-state index contributed by atoms with van der Waals surface area (Å²) < 4.78 is 1.56. The molecule has 148 valence electrons. The van der Waals surface area contributed by atoms with Gasteiger partial charge in [-0.1, -0.05) is 6.92 Å². The van der Waals surface area contributed by atoms with Crippen LogP contribution in [-0.2, 0) is 11.3 Å². The zero-order chi connectivity index (χ0) is 19.2. The highest BCUT2D eigenvalue weighted by molar-refractivity contribution is 5.76. The zero-order valence-electron chi connectivity index (χ0n) is 16.3. The Morgan fingerprint density at radius 3 is 2.41 bits per heavy atom. The Bertz CT molecular complexity index is 706. The van der Waals surface area contributed by atoms with Crippen LogP contribution in [0.2, 0.25) is 0 Å². The lowest BCUT2D eigenvalue weighted by Gasteiger charge is -2.59. The van der Waals surface area contributed by atoms with Crippen molar-refractivity contribution in [1.82, 2.24) is 15.1 Å². The third-order valence-corrected chi connectivity index (χ3v) is 7.39.